The van der Waals surface area contributed by atoms with E-state index >= 15 is 0 Å². The molecule has 0 bridgehead atoms. The molecule has 2 aliphatic rings. The van der Waals surface area contributed by atoms with Crippen LogP contribution in [0.4, 0.5) is 0 Å². The van der Waals surface area contributed by atoms with Crippen LogP contribution in [-0.2, 0) is 12.8 Å². The zero-order chi connectivity index (χ0) is 19.1. The number of rotatable bonds is 2. The Kier molecular flexibility index (Phi) is 4.16. The number of benzene rings is 2. The summed E-state index contributed by atoms with van der Waals surface area (Å²) in [4.78, 5) is 0. The Morgan fingerprint density at radius 2 is 1.68 bits per heavy atom. The van der Waals surface area contributed by atoms with Gasteiger partial charge < -0.3 is 4.57 Å². The second-order valence-electron chi connectivity index (χ2n) is 7.81. The van der Waals surface area contributed by atoms with Crippen LogP contribution in [0.5, 0.6) is 0 Å². The van der Waals surface area contributed by atoms with E-state index in [9.17, 15) is 0 Å². The zero-order valence-corrected chi connectivity index (χ0v) is 16.6. The van der Waals surface area contributed by atoms with E-state index in [4.69, 9.17) is 0 Å². The van der Waals surface area contributed by atoms with Crippen molar-refractivity contribution >= 4 is 12.2 Å². The third kappa shape index (κ3) is 2.70. The van der Waals surface area contributed by atoms with Crippen LogP contribution in [0.2, 0.25) is 0 Å². The lowest BCUT2D eigenvalue weighted by Crippen LogP contribution is -2.04. The molecule has 28 heavy (non-hydrogen) atoms. The fourth-order valence-corrected chi connectivity index (χ4v) is 4.59. The summed E-state index contributed by atoms with van der Waals surface area (Å²) in [5.74, 6) is 0. The van der Waals surface area contributed by atoms with E-state index in [2.05, 4.69) is 97.3 Å². The third-order valence-electron chi connectivity index (χ3n) is 6.03. The fourth-order valence-electron chi connectivity index (χ4n) is 4.59. The Morgan fingerprint density at radius 3 is 2.57 bits per heavy atom. The van der Waals surface area contributed by atoms with Gasteiger partial charge in [-0.1, -0.05) is 60.7 Å². The molecule has 1 heterocycles. The second-order valence-corrected chi connectivity index (χ2v) is 7.81. The van der Waals surface area contributed by atoms with Crippen molar-refractivity contribution in [3.63, 3.8) is 0 Å². The first-order valence-corrected chi connectivity index (χ1v) is 10.2. The first-order chi connectivity index (χ1) is 13.7. The first-order valence-electron chi connectivity index (χ1n) is 10.2. The number of allylic oxidation sites excluding steroid dienone is 4. The Morgan fingerprint density at radius 1 is 0.821 bits per heavy atom. The number of aryl methyl sites for hydroxylation is 2. The highest BCUT2D eigenvalue weighted by Crippen LogP contribution is 2.36. The van der Waals surface area contributed by atoms with Crippen molar-refractivity contribution < 1.29 is 0 Å². The minimum absolute atomic E-state index is 0.969. The minimum Gasteiger partial charge on any atom is -0.313 e. The maximum absolute atomic E-state index is 2.49. The minimum atomic E-state index is 0.969. The molecule has 0 atom stereocenters. The predicted molar refractivity (Wildman–Crippen MR) is 120 cm³/mol. The van der Waals surface area contributed by atoms with E-state index in [-0.39, 0.29) is 0 Å². The van der Waals surface area contributed by atoms with Crippen molar-refractivity contribution in [2.75, 3.05) is 0 Å². The van der Waals surface area contributed by atoms with Crippen molar-refractivity contribution in [3.05, 3.63) is 100 Å². The average Bonchev–Trinajstić information content (AvgIpc) is 2.86. The summed E-state index contributed by atoms with van der Waals surface area (Å²) < 4.78 is 2.49. The van der Waals surface area contributed by atoms with Crippen LogP contribution in [0.3, 0.4) is 0 Å². The summed E-state index contributed by atoms with van der Waals surface area (Å²) in [5, 5.41) is 0. The van der Waals surface area contributed by atoms with Gasteiger partial charge in [-0.25, -0.2) is 0 Å². The Hall–Kier alpha value is -3.06. The van der Waals surface area contributed by atoms with Crippen LogP contribution < -0.4 is 0 Å². The molecule has 0 spiro atoms. The summed E-state index contributed by atoms with van der Waals surface area (Å²) in [6.45, 7) is 4.41. The monoisotopic (exact) mass is 363 g/mol. The molecule has 0 unspecified atom stereocenters. The van der Waals surface area contributed by atoms with Crippen LogP contribution in [0, 0.1) is 13.8 Å². The lowest BCUT2D eigenvalue weighted by Gasteiger charge is -2.17. The number of fused-ring (bicyclic) bond motifs is 3. The lowest BCUT2D eigenvalue weighted by molar-refractivity contribution is 0.933. The molecule has 5 rings (SSSR count). The molecule has 0 N–H and O–H groups in total. The van der Waals surface area contributed by atoms with Crippen LogP contribution in [0.1, 0.15) is 40.1 Å². The summed E-state index contributed by atoms with van der Waals surface area (Å²) in [5.41, 5.74) is 12.2. The largest absolute Gasteiger partial charge is 0.313 e. The van der Waals surface area contributed by atoms with Crippen molar-refractivity contribution in [3.8, 4) is 16.8 Å². The van der Waals surface area contributed by atoms with E-state index in [1.165, 1.54) is 50.5 Å². The molecule has 0 radical (unpaired) electrons. The van der Waals surface area contributed by atoms with Crippen LogP contribution in [0.25, 0.3) is 29.0 Å². The number of hydrogen-bond donors (Lipinski definition) is 0. The Balaban J connectivity index is 1.76. The highest BCUT2D eigenvalue weighted by atomic mass is 15.0. The fraction of sp³-hybridized carbons (Fsp3) is 0.185. The van der Waals surface area contributed by atoms with Gasteiger partial charge >= 0.3 is 0 Å². The predicted octanol–water partition coefficient (Wildman–Crippen LogP) is 6.85. The van der Waals surface area contributed by atoms with Gasteiger partial charge in [0.15, 0.2) is 0 Å². The van der Waals surface area contributed by atoms with E-state index in [0.29, 0.717) is 0 Å². The van der Waals surface area contributed by atoms with Gasteiger partial charge in [0.2, 0.25) is 0 Å². The van der Waals surface area contributed by atoms with Crippen LogP contribution in [0.15, 0.2) is 66.8 Å². The molecule has 2 aliphatic carbocycles. The van der Waals surface area contributed by atoms with Gasteiger partial charge in [0, 0.05) is 23.5 Å². The summed E-state index contributed by atoms with van der Waals surface area (Å²) in [7, 11) is 0. The number of hydrogen-bond acceptors (Lipinski definition) is 0. The molecule has 138 valence electrons. The molecule has 0 saturated carbocycles. The highest BCUT2D eigenvalue weighted by Gasteiger charge is 2.22. The Labute approximate surface area is 167 Å². The van der Waals surface area contributed by atoms with Crippen molar-refractivity contribution in [1.29, 1.82) is 0 Å². The molecule has 0 amide bonds. The van der Waals surface area contributed by atoms with Gasteiger partial charge in [-0.3, -0.25) is 0 Å². The molecule has 3 aromatic rings. The third-order valence-corrected chi connectivity index (χ3v) is 6.03. The molecular weight excluding hydrogens is 338 g/mol. The molecule has 1 aromatic heterocycles. The highest BCUT2D eigenvalue weighted by molar-refractivity contribution is 5.75. The molecular formula is C27H25N. The second kappa shape index (κ2) is 6.83. The zero-order valence-electron chi connectivity index (χ0n) is 16.6. The normalized spacial score (nSPS) is 14.6. The molecule has 1 nitrogen and oxygen atoms in total. The maximum atomic E-state index is 2.49. The molecule has 0 saturated heterocycles. The van der Waals surface area contributed by atoms with Gasteiger partial charge in [0.1, 0.15) is 0 Å². The molecule has 2 aromatic carbocycles. The van der Waals surface area contributed by atoms with Gasteiger partial charge in [0.25, 0.3) is 0 Å². The van der Waals surface area contributed by atoms with E-state index < -0.39 is 0 Å². The van der Waals surface area contributed by atoms with Crippen LogP contribution in [-0.4, -0.2) is 4.57 Å². The summed E-state index contributed by atoms with van der Waals surface area (Å²) in [6.07, 6.45) is 16.8. The van der Waals surface area contributed by atoms with Gasteiger partial charge in [0.05, 0.1) is 0 Å². The van der Waals surface area contributed by atoms with E-state index in [1.54, 1.807) is 0 Å². The van der Waals surface area contributed by atoms with Gasteiger partial charge in [-0.05, 0) is 78.3 Å². The average molecular weight is 364 g/mol. The summed E-state index contributed by atoms with van der Waals surface area (Å²) >= 11 is 0. The SMILES string of the molecule is Cc1ccccc1-c1cc(-n2c3c(c4c2CC=CC=C4)CCC=C3)ccc1C. The topological polar surface area (TPSA) is 4.93 Å². The number of nitrogens with zero attached hydrogens (tertiary/aromatic N) is 1. The summed E-state index contributed by atoms with van der Waals surface area (Å²) in [6, 6.07) is 15.6. The van der Waals surface area contributed by atoms with E-state index in [1.807, 2.05) is 0 Å². The molecule has 0 fully saturated rings. The quantitative estimate of drug-likeness (QED) is 0.469. The number of aromatic nitrogens is 1. The smallest absolute Gasteiger partial charge is 0.0494 e. The lowest BCUT2D eigenvalue weighted by atomic mass is 9.96. The maximum Gasteiger partial charge on any atom is 0.0494 e. The first kappa shape index (κ1) is 17.1. The molecule has 0 aliphatic heterocycles. The standard InChI is InChI=1S/C27H25N/c1-19-10-6-7-11-22(19)25-18-21(17-16-20(25)2)28-26-14-5-3-4-12-23(26)24-13-8-9-15-27(24)28/h3-7,9-12,15-18H,8,13-14H2,1-2H3. The molecule has 1 heteroatoms. The van der Waals surface area contributed by atoms with Gasteiger partial charge in [-0.15, -0.1) is 0 Å². The van der Waals surface area contributed by atoms with E-state index in [0.717, 1.165) is 19.3 Å². The van der Waals surface area contributed by atoms with Crippen molar-refractivity contribution in [2.45, 2.75) is 33.1 Å². The van der Waals surface area contributed by atoms with Gasteiger partial charge in [-0.2, -0.15) is 0 Å². The Bertz CT molecular complexity index is 1150. The van der Waals surface area contributed by atoms with Crippen LogP contribution >= 0.6 is 0 Å². The van der Waals surface area contributed by atoms with Crippen molar-refractivity contribution in [1.82, 2.24) is 4.57 Å². The van der Waals surface area contributed by atoms with Crippen molar-refractivity contribution in [2.24, 2.45) is 0 Å².